The largest absolute Gasteiger partial charge is 0.478 e. The molecule has 11 nitrogen and oxygen atoms in total. The molecule has 1 aliphatic rings. The van der Waals surface area contributed by atoms with Gasteiger partial charge in [0.05, 0.1) is 13.2 Å². The lowest BCUT2D eigenvalue weighted by atomic mass is 10.2. The van der Waals surface area contributed by atoms with Gasteiger partial charge in [-0.25, -0.2) is 18.7 Å². The van der Waals surface area contributed by atoms with Crippen LogP contribution in [0.25, 0.3) is 0 Å². The molecule has 0 aliphatic carbocycles. The van der Waals surface area contributed by atoms with Crippen LogP contribution in [0.2, 0.25) is 0 Å². The summed E-state index contributed by atoms with van der Waals surface area (Å²) in [4.78, 5) is 33.6. The van der Waals surface area contributed by atoms with Gasteiger partial charge in [0.25, 0.3) is 9.35 Å². The van der Waals surface area contributed by atoms with Gasteiger partial charge in [0.1, 0.15) is 12.3 Å². The molecule has 0 aromatic carbocycles. The summed E-state index contributed by atoms with van der Waals surface area (Å²) in [7, 11) is 0.461. The molecule has 0 saturated carbocycles. The minimum atomic E-state index is -2.20. The number of aliphatic carboxylic acids is 1. The van der Waals surface area contributed by atoms with E-state index in [-0.39, 0.29) is 12.8 Å². The summed E-state index contributed by atoms with van der Waals surface area (Å²) in [6.45, 7) is -1.12. The third kappa shape index (κ3) is 12.0. The van der Waals surface area contributed by atoms with E-state index in [2.05, 4.69) is 0 Å². The van der Waals surface area contributed by atoms with Gasteiger partial charge in [-0.05, 0) is 12.8 Å². The Kier molecular flexibility index (Phi) is 14.0. The number of alkyl halides is 9. The van der Waals surface area contributed by atoms with Crippen LogP contribution in [-0.2, 0) is 35.1 Å². The highest BCUT2D eigenvalue weighted by Gasteiger charge is 2.51. The Labute approximate surface area is 255 Å². The smallest absolute Gasteiger partial charge is 0.356 e. The van der Waals surface area contributed by atoms with Gasteiger partial charge in [-0.15, -0.1) is 0 Å². The highest BCUT2D eigenvalue weighted by molar-refractivity contribution is 7.17. The number of carboxylic acid groups (broad SMARTS) is 1. The molecule has 1 fully saturated rings. The van der Waals surface area contributed by atoms with E-state index in [1.165, 1.54) is 23.9 Å². The molecule has 1 aliphatic heterocycles. The molecule has 1 saturated heterocycles. The quantitative estimate of drug-likeness (QED) is 0.214. The molecule has 2 heterocycles. The zero-order valence-electron chi connectivity index (χ0n) is 18.1. The van der Waals surface area contributed by atoms with Crippen molar-refractivity contribution in [3.63, 3.8) is 0 Å². The van der Waals surface area contributed by atoms with Crippen LogP contribution in [0.1, 0.15) is 19.1 Å². The number of aromatic nitrogens is 2. The second-order valence-electron chi connectivity index (χ2n) is 6.94. The second-order valence-corrected chi connectivity index (χ2v) is 14.6. The molecule has 0 amide bonds. The molecular formula is C16H16Cl9N2O9P. The Hall–Kier alpha value is 0.700. The van der Waals surface area contributed by atoms with E-state index in [1.807, 2.05) is 0 Å². The maximum Gasteiger partial charge on any atom is 0.356 e. The number of ether oxygens (including phenoxy) is 3. The third-order valence-corrected chi connectivity index (χ3v) is 5.67. The van der Waals surface area contributed by atoms with E-state index in [0.29, 0.717) is 0 Å². The van der Waals surface area contributed by atoms with Crippen molar-refractivity contribution in [2.45, 2.75) is 42.5 Å². The highest BCUT2D eigenvalue weighted by Crippen LogP contribution is 2.41. The summed E-state index contributed by atoms with van der Waals surface area (Å²) in [5, 5.41) is 7.85. The summed E-state index contributed by atoms with van der Waals surface area (Å²) in [6, 6.07) is 1.21. The van der Waals surface area contributed by atoms with Gasteiger partial charge in [-0.2, -0.15) is 0 Å². The number of rotatable bonds is 8. The van der Waals surface area contributed by atoms with E-state index in [1.54, 1.807) is 0 Å². The summed E-state index contributed by atoms with van der Waals surface area (Å²) in [5.74, 6) is -3.66. The summed E-state index contributed by atoms with van der Waals surface area (Å²) < 4.78 is 29.4. The first kappa shape index (κ1) is 35.7. The topological polar surface area (TPSA) is 135 Å². The molecule has 0 bridgehead atoms. The van der Waals surface area contributed by atoms with Gasteiger partial charge in [0.15, 0.2) is 0 Å². The van der Waals surface area contributed by atoms with Crippen LogP contribution in [0.15, 0.2) is 21.9 Å². The molecule has 212 valence electrons. The molecular weight excluding hydrogens is 714 g/mol. The fraction of sp³-hybridized carbons (Fsp3) is 0.688. The summed E-state index contributed by atoms with van der Waals surface area (Å²) in [6.07, 6.45) is -0.148. The lowest BCUT2D eigenvalue weighted by Gasteiger charge is -2.36. The number of halogens is 9. The first-order valence-electron chi connectivity index (χ1n) is 9.38. The van der Waals surface area contributed by atoms with Crippen molar-refractivity contribution >= 4 is 119 Å². The molecule has 1 aromatic heterocycles. The van der Waals surface area contributed by atoms with E-state index in [9.17, 15) is 18.9 Å². The monoisotopic (exact) mass is 726 g/mol. The van der Waals surface area contributed by atoms with E-state index in [0.717, 1.165) is 4.57 Å². The molecule has 37 heavy (non-hydrogen) atoms. The van der Waals surface area contributed by atoms with Gasteiger partial charge < -0.3 is 19.3 Å². The Bertz CT molecular complexity index is 1030. The van der Waals surface area contributed by atoms with Crippen molar-refractivity contribution in [3.05, 3.63) is 33.1 Å². The Balaban J connectivity index is 0.000000856. The van der Waals surface area contributed by atoms with Crippen molar-refractivity contribution in [2.24, 2.45) is 7.05 Å². The summed E-state index contributed by atoms with van der Waals surface area (Å²) >= 11 is 48.8. The average molecular weight is 730 g/mol. The molecule has 0 spiro atoms. The molecule has 2 unspecified atom stereocenters. The zero-order chi connectivity index (χ0) is 28.8. The van der Waals surface area contributed by atoms with E-state index < -0.39 is 68.8 Å². The Morgan fingerprint density at radius 2 is 1.54 bits per heavy atom. The molecule has 0 radical (unpaired) electrons. The SMILES string of the molecule is Cn1c(=O)ccn(C2CCC(C(OCC(Cl)(Cl)Cl)(OCC(Cl)(Cl)Cl)OP=O)O2)c1=O.O=C(O)C(Cl)(Cl)Cl. The number of carbonyl (C=O) groups is 1. The normalized spacial score (nSPS) is 19.0. The minimum Gasteiger partial charge on any atom is -0.478 e. The van der Waals surface area contributed by atoms with Crippen molar-refractivity contribution in [2.75, 3.05) is 13.2 Å². The van der Waals surface area contributed by atoms with Gasteiger partial charge in [0, 0.05) is 19.3 Å². The van der Waals surface area contributed by atoms with Crippen LogP contribution >= 0.6 is 113 Å². The molecule has 2 atom stereocenters. The fourth-order valence-corrected chi connectivity index (χ4v) is 3.30. The van der Waals surface area contributed by atoms with Gasteiger partial charge >= 0.3 is 26.3 Å². The number of hydrogen-bond acceptors (Lipinski definition) is 8. The summed E-state index contributed by atoms with van der Waals surface area (Å²) in [5.41, 5.74) is -1.09. The average Bonchev–Trinajstić information content (AvgIpc) is 3.23. The minimum absolute atomic E-state index is 0.190. The number of carboxylic acids is 1. The Morgan fingerprint density at radius 1 is 1.05 bits per heavy atom. The van der Waals surface area contributed by atoms with Gasteiger partial charge in [0.2, 0.25) is 7.59 Å². The fourth-order valence-electron chi connectivity index (χ4n) is 2.65. The van der Waals surface area contributed by atoms with Crippen molar-refractivity contribution in [3.8, 4) is 0 Å². The van der Waals surface area contributed by atoms with Crippen molar-refractivity contribution < 1.29 is 33.2 Å². The first-order valence-corrected chi connectivity index (χ1v) is 13.5. The molecule has 2 rings (SSSR count). The van der Waals surface area contributed by atoms with Crippen LogP contribution < -0.4 is 11.2 Å². The standard InChI is InChI=1S/C14H15Cl6N2O7P.C2HCl3O2/c1-21-9(23)4-5-22(11(21)24)10-3-2-8(28-10)14(29-30-25,26-6-12(15,16)17)27-7-13(18,19)20;3-2(4,5)1(6)7/h4-5,8,10H,2-3,6-7H2,1H3;(H,6,7). The van der Waals surface area contributed by atoms with E-state index in [4.69, 9.17) is 128 Å². The number of nitrogens with zero attached hydrogens (tertiary/aromatic N) is 2. The maximum atomic E-state index is 12.4. The molecule has 21 heteroatoms. The third-order valence-electron chi connectivity index (χ3n) is 4.20. The lowest BCUT2D eigenvalue weighted by Crippen LogP contribution is -2.51. The maximum absolute atomic E-state index is 12.4. The van der Waals surface area contributed by atoms with Crippen molar-refractivity contribution in [1.29, 1.82) is 0 Å². The zero-order valence-corrected chi connectivity index (χ0v) is 25.8. The van der Waals surface area contributed by atoms with Crippen LogP contribution in [0.4, 0.5) is 0 Å². The van der Waals surface area contributed by atoms with Crippen LogP contribution in [0.3, 0.4) is 0 Å². The van der Waals surface area contributed by atoms with Crippen molar-refractivity contribution in [1.82, 2.24) is 9.13 Å². The van der Waals surface area contributed by atoms with Crippen LogP contribution in [-0.4, -0.2) is 56.9 Å². The van der Waals surface area contributed by atoms with Gasteiger partial charge in [-0.3, -0.25) is 13.9 Å². The number of hydrogen-bond donors (Lipinski definition) is 1. The van der Waals surface area contributed by atoms with Crippen LogP contribution in [0.5, 0.6) is 0 Å². The Morgan fingerprint density at radius 3 is 1.95 bits per heavy atom. The lowest BCUT2D eigenvalue weighted by molar-refractivity contribution is -0.381. The first-order chi connectivity index (χ1) is 16.7. The molecule has 1 N–H and O–H groups in total. The predicted octanol–water partition coefficient (Wildman–Crippen LogP) is 5.32. The van der Waals surface area contributed by atoms with E-state index >= 15 is 0 Å². The van der Waals surface area contributed by atoms with Crippen LogP contribution in [0, 0.1) is 0 Å². The molecule has 1 aromatic rings. The van der Waals surface area contributed by atoms with Gasteiger partial charge in [-0.1, -0.05) is 104 Å². The predicted molar refractivity (Wildman–Crippen MR) is 141 cm³/mol. The second kappa shape index (κ2) is 14.5. The highest BCUT2D eigenvalue weighted by atomic mass is 35.6.